The summed E-state index contributed by atoms with van der Waals surface area (Å²) in [6.45, 7) is 5.77. The molecular weight excluding hydrogens is 194 g/mol. The predicted octanol–water partition coefficient (Wildman–Crippen LogP) is 1.99. The largest absolute Gasteiger partial charge is 0.377 e. The Morgan fingerprint density at radius 3 is 3.07 bits per heavy atom. The van der Waals surface area contributed by atoms with Gasteiger partial charge >= 0.3 is 0 Å². The van der Waals surface area contributed by atoms with E-state index >= 15 is 0 Å². The third-order valence-corrected chi connectivity index (χ3v) is 4.28. The van der Waals surface area contributed by atoms with E-state index in [2.05, 4.69) is 23.6 Å². The molecule has 0 saturated carbocycles. The third kappa shape index (κ3) is 2.88. The van der Waals surface area contributed by atoms with Gasteiger partial charge in [-0.15, -0.1) is 0 Å². The molecule has 2 atom stereocenters. The first-order valence-electron chi connectivity index (χ1n) is 5.79. The van der Waals surface area contributed by atoms with Gasteiger partial charge in [0, 0.05) is 31.5 Å². The lowest BCUT2D eigenvalue weighted by Gasteiger charge is -2.28. The van der Waals surface area contributed by atoms with Gasteiger partial charge in [0.15, 0.2) is 0 Å². The summed E-state index contributed by atoms with van der Waals surface area (Å²) in [5.41, 5.74) is 0. The standard InChI is InChI=1S/C11H21NOS/c1-10-4-7-14-8-5-12(10)9-11-3-2-6-13-11/h10-11H,2-9H2,1H3/t10-,11+/m1/s1. The van der Waals surface area contributed by atoms with E-state index in [9.17, 15) is 0 Å². The van der Waals surface area contributed by atoms with Crippen LogP contribution in [0.2, 0.25) is 0 Å². The molecule has 0 aromatic rings. The van der Waals surface area contributed by atoms with Gasteiger partial charge in [0.1, 0.15) is 0 Å². The summed E-state index contributed by atoms with van der Waals surface area (Å²) in [5, 5.41) is 0. The molecule has 0 amide bonds. The molecule has 0 aromatic carbocycles. The van der Waals surface area contributed by atoms with Crippen molar-refractivity contribution in [3.05, 3.63) is 0 Å². The Labute approximate surface area is 91.4 Å². The fourth-order valence-electron chi connectivity index (χ4n) is 2.26. The van der Waals surface area contributed by atoms with E-state index in [0.717, 1.165) is 12.6 Å². The van der Waals surface area contributed by atoms with Crippen molar-refractivity contribution in [2.45, 2.75) is 38.3 Å². The van der Waals surface area contributed by atoms with Gasteiger partial charge in [0.25, 0.3) is 0 Å². The molecule has 2 rings (SSSR count). The van der Waals surface area contributed by atoms with Crippen LogP contribution >= 0.6 is 11.8 Å². The molecule has 2 aliphatic rings. The zero-order chi connectivity index (χ0) is 9.80. The van der Waals surface area contributed by atoms with Crippen LogP contribution in [0.4, 0.5) is 0 Å². The highest BCUT2D eigenvalue weighted by Gasteiger charge is 2.23. The zero-order valence-corrected chi connectivity index (χ0v) is 9.89. The average molecular weight is 215 g/mol. The second kappa shape index (κ2) is 5.38. The Hall–Kier alpha value is 0.270. The van der Waals surface area contributed by atoms with Gasteiger partial charge in [0.05, 0.1) is 6.10 Å². The molecule has 2 nitrogen and oxygen atoms in total. The number of thioether (sulfide) groups is 1. The van der Waals surface area contributed by atoms with E-state index in [1.807, 2.05) is 0 Å². The maximum Gasteiger partial charge on any atom is 0.0702 e. The van der Waals surface area contributed by atoms with Gasteiger partial charge in [0.2, 0.25) is 0 Å². The van der Waals surface area contributed by atoms with Crippen molar-refractivity contribution in [1.29, 1.82) is 0 Å². The quantitative estimate of drug-likeness (QED) is 0.699. The number of hydrogen-bond acceptors (Lipinski definition) is 3. The molecule has 2 aliphatic heterocycles. The Kier molecular flexibility index (Phi) is 4.14. The van der Waals surface area contributed by atoms with Gasteiger partial charge in [-0.1, -0.05) is 0 Å². The summed E-state index contributed by atoms with van der Waals surface area (Å²) >= 11 is 2.10. The number of rotatable bonds is 2. The van der Waals surface area contributed by atoms with Crippen LogP contribution in [-0.2, 0) is 4.74 Å². The number of nitrogens with zero attached hydrogens (tertiary/aromatic N) is 1. The first-order chi connectivity index (χ1) is 6.86. The van der Waals surface area contributed by atoms with Crippen molar-refractivity contribution in [1.82, 2.24) is 4.90 Å². The van der Waals surface area contributed by atoms with Crippen molar-refractivity contribution >= 4 is 11.8 Å². The first kappa shape index (κ1) is 10.8. The van der Waals surface area contributed by atoms with Crippen molar-refractivity contribution in [2.24, 2.45) is 0 Å². The lowest BCUT2D eigenvalue weighted by molar-refractivity contribution is 0.0626. The lowest BCUT2D eigenvalue weighted by atomic mass is 10.1. The monoisotopic (exact) mass is 215 g/mol. The predicted molar refractivity (Wildman–Crippen MR) is 62.0 cm³/mol. The molecular formula is C11H21NOS. The van der Waals surface area contributed by atoms with Gasteiger partial charge in [-0.3, -0.25) is 4.90 Å². The molecule has 0 bridgehead atoms. The zero-order valence-electron chi connectivity index (χ0n) is 9.08. The Balaban J connectivity index is 1.81. The Morgan fingerprint density at radius 2 is 2.29 bits per heavy atom. The van der Waals surface area contributed by atoms with Crippen molar-refractivity contribution in [3.63, 3.8) is 0 Å². The summed E-state index contributed by atoms with van der Waals surface area (Å²) in [6.07, 6.45) is 4.41. The van der Waals surface area contributed by atoms with E-state index in [-0.39, 0.29) is 0 Å². The highest BCUT2D eigenvalue weighted by molar-refractivity contribution is 7.99. The van der Waals surface area contributed by atoms with Crippen LogP contribution in [0.3, 0.4) is 0 Å². The van der Waals surface area contributed by atoms with Crippen LogP contribution < -0.4 is 0 Å². The number of hydrogen-bond donors (Lipinski definition) is 0. The summed E-state index contributed by atoms with van der Waals surface area (Å²) in [5.74, 6) is 2.64. The average Bonchev–Trinajstić information content (AvgIpc) is 2.60. The molecule has 2 heterocycles. The van der Waals surface area contributed by atoms with Gasteiger partial charge in [-0.25, -0.2) is 0 Å². The second-order valence-corrected chi connectivity index (χ2v) is 5.60. The van der Waals surface area contributed by atoms with E-state index < -0.39 is 0 Å². The normalized spacial score (nSPS) is 35.8. The molecule has 2 fully saturated rings. The summed E-state index contributed by atoms with van der Waals surface area (Å²) in [4.78, 5) is 2.62. The topological polar surface area (TPSA) is 12.5 Å². The van der Waals surface area contributed by atoms with Crippen molar-refractivity contribution < 1.29 is 4.74 Å². The van der Waals surface area contributed by atoms with Crippen LogP contribution in [0, 0.1) is 0 Å². The van der Waals surface area contributed by atoms with E-state index in [0.29, 0.717) is 6.10 Å². The lowest BCUT2D eigenvalue weighted by Crippen LogP contribution is -2.39. The minimum absolute atomic E-state index is 0.528. The van der Waals surface area contributed by atoms with Crippen LogP contribution in [0.25, 0.3) is 0 Å². The molecule has 0 spiro atoms. The van der Waals surface area contributed by atoms with Crippen LogP contribution in [0.5, 0.6) is 0 Å². The minimum Gasteiger partial charge on any atom is -0.377 e. The first-order valence-corrected chi connectivity index (χ1v) is 6.95. The van der Waals surface area contributed by atoms with E-state index in [1.54, 1.807) is 0 Å². The molecule has 2 saturated heterocycles. The SMILES string of the molecule is C[C@@H]1CCSCCN1C[C@@H]1CCCO1. The molecule has 0 radical (unpaired) electrons. The van der Waals surface area contributed by atoms with E-state index in [1.165, 1.54) is 43.9 Å². The van der Waals surface area contributed by atoms with Crippen LogP contribution in [-0.4, -0.2) is 48.2 Å². The minimum atomic E-state index is 0.528. The smallest absolute Gasteiger partial charge is 0.0702 e. The van der Waals surface area contributed by atoms with Crippen LogP contribution in [0.15, 0.2) is 0 Å². The van der Waals surface area contributed by atoms with Crippen molar-refractivity contribution in [2.75, 3.05) is 31.2 Å². The molecule has 0 aromatic heterocycles. The highest BCUT2D eigenvalue weighted by Crippen LogP contribution is 2.19. The molecule has 0 aliphatic carbocycles. The van der Waals surface area contributed by atoms with Gasteiger partial charge in [-0.2, -0.15) is 11.8 Å². The molecule has 0 N–H and O–H groups in total. The second-order valence-electron chi connectivity index (χ2n) is 4.38. The summed E-state index contributed by atoms with van der Waals surface area (Å²) in [6, 6.07) is 0.759. The van der Waals surface area contributed by atoms with Crippen LogP contribution in [0.1, 0.15) is 26.2 Å². The highest BCUT2D eigenvalue weighted by atomic mass is 32.2. The molecule has 82 valence electrons. The Morgan fingerprint density at radius 1 is 1.36 bits per heavy atom. The summed E-state index contributed by atoms with van der Waals surface area (Å²) < 4.78 is 5.70. The van der Waals surface area contributed by atoms with E-state index in [4.69, 9.17) is 4.74 Å². The van der Waals surface area contributed by atoms with Gasteiger partial charge in [-0.05, 0) is 31.9 Å². The van der Waals surface area contributed by atoms with Crippen molar-refractivity contribution in [3.8, 4) is 0 Å². The Bertz CT molecular complexity index is 171. The van der Waals surface area contributed by atoms with Gasteiger partial charge < -0.3 is 4.74 Å². The molecule has 0 unspecified atom stereocenters. The maximum absolute atomic E-state index is 5.70. The fourth-order valence-corrected chi connectivity index (χ4v) is 3.34. The molecule has 14 heavy (non-hydrogen) atoms. The fraction of sp³-hybridized carbons (Fsp3) is 1.00. The molecule has 3 heteroatoms. The third-order valence-electron chi connectivity index (χ3n) is 3.29. The maximum atomic E-state index is 5.70. The number of ether oxygens (including phenoxy) is 1. The summed E-state index contributed by atoms with van der Waals surface area (Å²) in [7, 11) is 0.